The summed E-state index contributed by atoms with van der Waals surface area (Å²) in [6.45, 7) is 9.18. The van der Waals surface area contributed by atoms with E-state index in [0.717, 1.165) is 89.2 Å². The zero-order chi connectivity index (χ0) is 32.8. The van der Waals surface area contributed by atoms with Crippen LogP contribution in [0.25, 0.3) is 0 Å². The van der Waals surface area contributed by atoms with Crippen LogP contribution in [0.3, 0.4) is 0 Å². The summed E-state index contributed by atoms with van der Waals surface area (Å²) in [4.78, 5) is 46.9. The van der Waals surface area contributed by atoms with Gasteiger partial charge in [-0.25, -0.2) is 0 Å². The van der Waals surface area contributed by atoms with Crippen molar-refractivity contribution in [2.45, 2.75) is 130 Å². The molecule has 46 heavy (non-hydrogen) atoms. The second-order valence-electron chi connectivity index (χ2n) is 17.8. The molecule has 2 aliphatic heterocycles. The minimum absolute atomic E-state index is 0.00584. The van der Waals surface area contributed by atoms with E-state index in [-0.39, 0.29) is 45.3 Å². The number of nitrogens with one attached hydrogen (secondary N) is 2. The Balaban J connectivity index is 0.000000147. The van der Waals surface area contributed by atoms with Crippen LogP contribution in [-0.4, -0.2) is 40.0 Å². The Kier molecular flexibility index (Phi) is 7.75. The Morgan fingerprint density at radius 1 is 0.652 bits per heavy atom. The zero-order valence-corrected chi connectivity index (χ0v) is 28.4. The zero-order valence-electron chi connectivity index (χ0n) is 28.4. The molecule has 8 rings (SSSR count). The Hall–Kier alpha value is -2.38. The third-order valence-corrected chi connectivity index (χ3v) is 16.3. The highest BCUT2D eigenvalue weighted by atomic mass is 16.4. The second kappa shape index (κ2) is 11.1. The van der Waals surface area contributed by atoms with Gasteiger partial charge in [0.05, 0.1) is 11.8 Å². The minimum Gasteiger partial charge on any atom is -0.481 e. The molecular formula is C38H56N2O6. The number of amides is 2. The Labute approximate surface area is 274 Å². The maximum Gasteiger partial charge on any atom is 0.307 e. The van der Waals surface area contributed by atoms with Gasteiger partial charge in [0.15, 0.2) is 0 Å². The molecule has 6 aliphatic carbocycles. The normalized spacial score (nSPS) is 50.3. The van der Waals surface area contributed by atoms with Gasteiger partial charge in [0.25, 0.3) is 0 Å². The highest BCUT2D eigenvalue weighted by Crippen LogP contribution is 2.67. The number of hydrogen-bond donors (Lipinski definition) is 4. The monoisotopic (exact) mass is 636 g/mol. The molecule has 0 bridgehead atoms. The molecule has 2 saturated heterocycles. The van der Waals surface area contributed by atoms with Crippen molar-refractivity contribution in [3.8, 4) is 0 Å². The van der Waals surface area contributed by atoms with Crippen LogP contribution in [0.15, 0.2) is 11.8 Å². The highest BCUT2D eigenvalue weighted by Gasteiger charge is 2.62. The van der Waals surface area contributed by atoms with E-state index >= 15 is 0 Å². The van der Waals surface area contributed by atoms with Crippen molar-refractivity contribution in [1.29, 1.82) is 0 Å². The average molecular weight is 637 g/mol. The van der Waals surface area contributed by atoms with Crippen molar-refractivity contribution >= 4 is 23.8 Å². The van der Waals surface area contributed by atoms with Crippen molar-refractivity contribution in [2.75, 3.05) is 0 Å². The summed E-state index contributed by atoms with van der Waals surface area (Å²) in [5, 5.41) is 25.6. The van der Waals surface area contributed by atoms with Crippen LogP contribution >= 0.6 is 0 Å². The van der Waals surface area contributed by atoms with Gasteiger partial charge in [-0.15, -0.1) is 0 Å². The maximum atomic E-state index is 11.8. The summed E-state index contributed by atoms with van der Waals surface area (Å²) in [6, 6.07) is 0.339. The molecule has 4 N–H and O–H groups in total. The third-order valence-electron chi connectivity index (χ3n) is 16.3. The van der Waals surface area contributed by atoms with Gasteiger partial charge in [-0.2, -0.15) is 0 Å². The second-order valence-corrected chi connectivity index (χ2v) is 17.8. The van der Waals surface area contributed by atoms with E-state index in [1.165, 1.54) is 0 Å². The lowest BCUT2D eigenvalue weighted by Gasteiger charge is -2.60. The summed E-state index contributed by atoms with van der Waals surface area (Å²) >= 11 is 0. The summed E-state index contributed by atoms with van der Waals surface area (Å²) < 4.78 is 0. The Morgan fingerprint density at radius 2 is 1.22 bits per heavy atom. The number of piperidine rings is 2. The molecule has 0 radical (unpaired) electrons. The molecule has 0 aromatic rings. The first-order valence-electron chi connectivity index (χ1n) is 18.5. The van der Waals surface area contributed by atoms with Crippen LogP contribution in [0.2, 0.25) is 0 Å². The van der Waals surface area contributed by atoms with Crippen molar-refractivity contribution in [1.82, 2.24) is 10.6 Å². The van der Waals surface area contributed by atoms with Crippen LogP contribution < -0.4 is 10.6 Å². The lowest BCUT2D eigenvalue weighted by Crippen LogP contribution is -2.61. The number of carboxylic acid groups (broad SMARTS) is 2. The highest BCUT2D eigenvalue weighted by molar-refractivity contribution is 5.79. The van der Waals surface area contributed by atoms with E-state index in [0.29, 0.717) is 54.4 Å². The molecule has 2 heterocycles. The van der Waals surface area contributed by atoms with Crippen LogP contribution in [0.5, 0.6) is 0 Å². The van der Waals surface area contributed by atoms with Crippen molar-refractivity contribution in [2.24, 2.45) is 69.0 Å². The Morgan fingerprint density at radius 3 is 1.85 bits per heavy atom. The molecule has 7 fully saturated rings. The van der Waals surface area contributed by atoms with E-state index in [1.54, 1.807) is 0 Å². The van der Waals surface area contributed by atoms with Crippen molar-refractivity contribution in [3.05, 3.63) is 11.8 Å². The van der Waals surface area contributed by atoms with Crippen molar-refractivity contribution in [3.63, 3.8) is 0 Å². The predicted octanol–water partition coefficient (Wildman–Crippen LogP) is 6.54. The van der Waals surface area contributed by atoms with Gasteiger partial charge in [0.1, 0.15) is 0 Å². The first-order valence-corrected chi connectivity index (χ1v) is 18.5. The maximum absolute atomic E-state index is 11.8. The molecule has 0 aromatic carbocycles. The molecule has 0 unspecified atom stereocenters. The van der Waals surface area contributed by atoms with Crippen molar-refractivity contribution < 1.29 is 29.4 Å². The summed E-state index contributed by atoms with van der Waals surface area (Å²) in [6.07, 6.45) is 16.9. The smallest absolute Gasteiger partial charge is 0.307 e. The Bertz CT molecular complexity index is 1340. The fraction of sp³-hybridized carbons (Fsp3) is 0.842. The molecule has 254 valence electrons. The van der Waals surface area contributed by atoms with Gasteiger partial charge in [0.2, 0.25) is 11.8 Å². The number of carboxylic acids is 2. The van der Waals surface area contributed by atoms with Gasteiger partial charge in [-0.3, -0.25) is 19.2 Å². The quantitative estimate of drug-likeness (QED) is 0.272. The van der Waals surface area contributed by atoms with Gasteiger partial charge in [-0.1, -0.05) is 33.8 Å². The molecule has 2 amide bonds. The standard InChI is InChI=1S/C19H29NO3.C19H27NO3/c2*1-18-9-7-13-11(12(18)4-5-14(18)17(22)23)3-6-15-19(13,2)10-8-16(21)20-15/h11-15H,3-10H2,1-2H3,(H,20,21)(H,22,23);6,11-14H,3-5,7-10H2,1-2H3,(H,20,21)(H,22,23)/t11-,12-,13-,14+,15+,18-,19+;11-,12-,13-,14+,18-,19+/m00/s1. The number of hydrogen-bond acceptors (Lipinski definition) is 4. The van der Waals surface area contributed by atoms with Crippen LogP contribution in [0.1, 0.15) is 124 Å². The van der Waals surface area contributed by atoms with Crippen LogP contribution in [-0.2, 0) is 19.2 Å². The molecule has 0 spiro atoms. The van der Waals surface area contributed by atoms with E-state index in [1.807, 2.05) is 0 Å². The van der Waals surface area contributed by atoms with Gasteiger partial charge < -0.3 is 20.8 Å². The lowest BCUT2D eigenvalue weighted by atomic mass is 9.47. The van der Waals surface area contributed by atoms with Crippen LogP contribution in [0.4, 0.5) is 0 Å². The first-order chi connectivity index (χ1) is 21.7. The molecule has 8 heteroatoms. The fourth-order valence-electron chi connectivity index (χ4n) is 13.7. The lowest BCUT2D eigenvalue weighted by molar-refractivity contribution is -0.152. The largest absolute Gasteiger partial charge is 0.481 e. The topological polar surface area (TPSA) is 133 Å². The van der Waals surface area contributed by atoms with Gasteiger partial charge in [-0.05, 0) is 135 Å². The number of allylic oxidation sites excluding steroid dienone is 2. The molecular weight excluding hydrogens is 580 g/mol. The summed E-state index contributed by atoms with van der Waals surface area (Å²) in [5.41, 5.74) is 1.41. The summed E-state index contributed by atoms with van der Waals surface area (Å²) in [5.74, 6) is 2.46. The molecule has 8 nitrogen and oxygen atoms in total. The molecule has 0 aromatic heterocycles. The number of aliphatic carboxylic acids is 2. The number of carbonyl (C=O) groups is 4. The fourth-order valence-corrected chi connectivity index (χ4v) is 13.7. The summed E-state index contributed by atoms with van der Waals surface area (Å²) in [7, 11) is 0. The molecule has 8 aliphatic rings. The van der Waals surface area contributed by atoms with E-state index in [2.05, 4.69) is 44.4 Å². The molecule has 13 atom stereocenters. The SMILES string of the molecule is C[C@]12CCC(=O)N[C@@H]1CC[C@@H]1[C@@H]2CC[C@]2(C)[C@@H](C(=O)O)CC[C@@H]12.C[C@]12CC[C@H]3[C@@H](CC=C4NC(=O)CC[C@@]43C)[C@@H]1CC[C@@H]2C(=O)O. The van der Waals surface area contributed by atoms with E-state index in [4.69, 9.17) is 0 Å². The van der Waals surface area contributed by atoms with E-state index < -0.39 is 11.9 Å². The minimum atomic E-state index is -0.600. The number of carbonyl (C=O) groups excluding carboxylic acids is 2. The van der Waals surface area contributed by atoms with Gasteiger partial charge >= 0.3 is 11.9 Å². The third kappa shape index (κ3) is 4.64. The predicted molar refractivity (Wildman–Crippen MR) is 173 cm³/mol. The average Bonchev–Trinajstić information content (AvgIpc) is 3.55. The van der Waals surface area contributed by atoms with Gasteiger partial charge in [0, 0.05) is 30.0 Å². The molecule has 5 saturated carbocycles. The van der Waals surface area contributed by atoms with Crippen LogP contribution in [0, 0.1) is 69.0 Å². The number of rotatable bonds is 2. The first kappa shape index (κ1) is 32.2. The number of fused-ring (bicyclic) bond motifs is 10. The van der Waals surface area contributed by atoms with E-state index in [9.17, 15) is 29.4 Å².